The van der Waals surface area contributed by atoms with E-state index in [0.29, 0.717) is 15.9 Å². The number of hydrogen-bond donors (Lipinski definition) is 2. The van der Waals surface area contributed by atoms with Crippen molar-refractivity contribution in [3.05, 3.63) is 70.2 Å². The number of nitrogens with zero attached hydrogens (tertiary/aromatic N) is 3. The van der Waals surface area contributed by atoms with Crippen LogP contribution in [0.3, 0.4) is 0 Å². The Bertz CT molecular complexity index is 1260. The Kier molecular flexibility index (Phi) is 4.69. The number of H-pyrrole nitrogens is 1. The van der Waals surface area contributed by atoms with Crippen LogP contribution in [0.1, 0.15) is 0 Å². The molecule has 1 aliphatic rings. The second-order valence-corrected chi connectivity index (χ2v) is 7.53. The van der Waals surface area contributed by atoms with Gasteiger partial charge in [0.2, 0.25) is 0 Å². The largest absolute Gasteiger partial charge is 0.505 e. The zero-order chi connectivity index (χ0) is 20.7. The molecule has 1 aliphatic heterocycles. The third-order valence-corrected chi connectivity index (χ3v) is 5.65. The van der Waals surface area contributed by atoms with Gasteiger partial charge in [-0.2, -0.15) is 5.10 Å². The summed E-state index contributed by atoms with van der Waals surface area (Å²) in [5.41, 5.74) is 2.92. The number of ether oxygens (including phenoxy) is 1. The molecule has 2 aromatic carbocycles. The lowest BCUT2D eigenvalue weighted by Gasteiger charge is -2.29. The minimum absolute atomic E-state index is 0.0726. The molecule has 0 amide bonds. The molecular formula is C22H19ClN4O3. The van der Waals surface area contributed by atoms with Crippen LogP contribution < -0.4 is 10.5 Å². The van der Waals surface area contributed by atoms with Crippen LogP contribution in [-0.2, 0) is 4.74 Å². The first-order valence-electron chi connectivity index (χ1n) is 9.63. The van der Waals surface area contributed by atoms with Crippen molar-refractivity contribution >= 4 is 28.2 Å². The first kappa shape index (κ1) is 18.7. The number of morpholine rings is 1. The normalized spacial score (nSPS) is 14.4. The fraction of sp³-hybridized carbons (Fsp3) is 0.182. The first-order valence-corrected chi connectivity index (χ1v) is 10.0. The van der Waals surface area contributed by atoms with E-state index in [4.69, 9.17) is 16.3 Å². The number of hydrogen-bond acceptors (Lipinski definition) is 5. The van der Waals surface area contributed by atoms with Gasteiger partial charge in [0.05, 0.1) is 23.8 Å². The van der Waals surface area contributed by atoms with Crippen molar-refractivity contribution in [3.63, 3.8) is 0 Å². The number of rotatable bonds is 3. The van der Waals surface area contributed by atoms with Crippen LogP contribution in [0.25, 0.3) is 27.7 Å². The van der Waals surface area contributed by atoms with Gasteiger partial charge in [0.15, 0.2) is 11.4 Å². The van der Waals surface area contributed by atoms with E-state index in [2.05, 4.69) is 27.1 Å². The average molecular weight is 423 g/mol. The van der Waals surface area contributed by atoms with Gasteiger partial charge in [-0.05, 0) is 35.9 Å². The lowest BCUT2D eigenvalue weighted by atomic mass is 10.0. The SMILES string of the molecule is O=c1[nH]c2cc(Cl)c(-c3ccc(N4CCOCC4)cc3)cc2c(O)c1-n1cccn1. The summed E-state index contributed by atoms with van der Waals surface area (Å²) in [6, 6.07) is 13.3. The topological polar surface area (TPSA) is 83.4 Å². The van der Waals surface area contributed by atoms with Crippen molar-refractivity contribution in [2.45, 2.75) is 0 Å². The quantitative estimate of drug-likeness (QED) is 0.527. The molecule has 0 aliphatic carbocycles. The molecule has 0 unspecified atom stereocenters. The van der Waals surface area contributed by atoms with Crippen LogP contribution >= 0.6 is 11.6 Å². The highest BCUT2D eigenvalue weighted by molar-refractivity contribution is 6.34. The Hall–Kier alpha value is -3.29. The Morgan fingerprint density at radius 1 is 1.13 bits per heavy atom. The third-order valence-electron chi connectivity index (χ3n) is 5.34. The van der Waals surface area contributed by atoms with Gasteiger partial charge in [0.25, 0.3) is 5.56 Å². The first-order chi connectivity index (χ1) is 14.6. The van der Waals surface area contributed by atoms with Gasteiger partial charge >= 0.3 is 0 Å². The third kappa shape index (κ3) is 3.22. The monoisotopic (exact) mass is 422 g/mol. The van der Waals surface area contributed by atoms with Crippen molar-refractivity contribution in [1.29, 1.82) is 0 Å². The van der Waals surface area contributed by atoms with Gasteiger partial charge in [0, 0.05) is 42.1 Å². The number of anilines is 1. The number of nitrogens with one attached hydrogen (secondary N) is 1. The van der Waals surface area contributed by atoms with E-state index in [9.17, 15) is 9.90 Å². The minimum atomic E-state index is -0.442. The molecular weight excluding hydrogens is 404 g/mol. The van der Waals surface area contributed by atoms with Gasteiger partial charge < -0.3 is 19.7 Å². The van der Waals surface area contributed by atoms with Gasteiger partial charge in [-0.3, -0.25) is 4.79 Å². The zero-order valence-electron chi connectivity index (χ0n) is 16.0. The molecule has 1 fully saturated rings. The lowest BCUT2D eigenvalue weighted by molar-refractivity contribution is 0.122. The van der Waals surface area contributed by atoms with E-state index in [-0.39, 0.29) is 11.4 Å². The zero-order valence-corrected chi connectivity index (χ0v) is 16.8. The number of halogens is 1. The summed E-state index contributed by atoms with van der Waals surface area (Å²) in [6.07, 6.45) is 3.16. The summed E-state index contributed by atoms with van der Waals surface area (Å²) in [5, 5.41) is 15.9. The molecule has 0 atom stereocenters. The van der Waals surface area contributed by atoms with E-state index in [1.807, 2.05) is 12.1 Å². The van der Waals surface area contributed by atoms with Gasteiger partial charge in [-0.1, -0.05) is 23.7 Å². The van der Waals surface area contributed by atoms with Gasteiger partial charge in [-0.25, -0.2) is 4.68 Å². The molecule has 7 nitrogen and oxygen atoms in total. The summed E-state index contributed by atoms with van der Waals surface area (Å²) in [5.74, 6) is -0.139. The molecule has 5 rings (SSSR count). The maximum absolute atomic E-state index is 12.5. The Balaban J connectivity index is 1.59. The smallest absolute Gasteiger partial charge is 0.278 e. The standard InChI is InChI=1S/C22H19ClN4O3/c23-18-13-19-17(21(28)20(22(29)25-19)27-7-1-6-24-27)12-16(18)14-2-4-15(5-3-14)26-8-10-30-11-9-26/h1-7,12-13H,8-11H2,(H2,25,28,29). The van der Waals surface area contributed by atoms with Crippen LogP contribution in [-0.4, -0.2) is 46.2 Å². The number of aromatic hydroxyl groups is 1. The summed E-state index contributed by atoms with van der Waals surface area (Å²) in [7, 11) is 0. The van der Waals surface area contributed by atoms with E-state index >= 15 is 0 Å². The highest BCUT2D eigenvalue weighted by Crippen LogP contribution is 2.36. The van der Waals surface area contributed by atoms with Crippen LogP contribution in [0.2, 0.25) is 5.02 Å². The van der Waals surface area contributed by atoms with Crippen molar-refractivity contribution < 1.29 is 9.84 Å². The molecule has 4 aromatic rings. The molecule has 2 aromatic heterocycles. The van der Waals surface area contributed by atoms with E-state index in [1.54, 1.807) is 30.6 Å². The Morgan fingerprint density at radius 2 is 1.90 bits per heavy atom. The van der Waals surface area contributed by atoms with Gasteiger partial charge in [0.1, 0.15) is 0 Å². The summed E-state index contributed by atoms with van der Waals surface area (Å²) >= 11 is 6.52. The Labute approximate surface area is 177 Å². The fourth-order valence-electron chi connectivity index (χ4n) is 3.80. The van der Waals surface area contributed by atoms with Crippen molar-refractivity contribution in [2.75, 3.05) is 31.2 Å². The van der Waals surface area contributed by atoms with E-state index in [0.717, 1.165) is 43.1 Å². The molecule has 152 valence electrons. The van der Waals surface area contributed by atoms with E-state index < -0.39 is 5.56 Å². The molecule has 1 saturated heterocycles. The van der Waals surface area contributed by atoms with Crippen LogP contribution in [0, 0.1) is 0 Å². The molecule has 0 saturated carbocycles. The average Bonchev–Trinajstić information content (AvgIpc) is 3.28. The van der Waals surface area contributed by atoms with Crippen molar-refractivity contribution in [3.8, 4) is 22.6 Å². The maximum Gasteiger partial charge on any atom is 0.278 e. The summed E-state index contributed by atoms with van der Waals surface area (Å²) < 4.78 is 6.76. The van der Waals surface area contributed by atoms with Crippen LogP contribution in [0.4, 0.5) is 5.69 Å². The number of benzene rings is 2. The minimum Gasteiger partial charge on any atom is -0.505 e. The molecule has 3 heterocycles. The molecule has 2 N–H and O–H groups in total. The fourth-order valence-corrected chi connectivity index (χ4v) is 4.07. The highest BCUT2D eigenvalue weighted by atomic mass is 35.5. The van der Waals surface area contributed by atoms with Gasteiger partial charge in [-0.15, -0.1) is 0 Å². The molecule has 0 bridgehead atoms. The van der Waals surface area contributed by atoms with Crippen LogP contribution in [0.15, 0.2) is 59.7 Å². The summed E-state index contributed by atoms with van der Waals surface area (Å²) in [6.45, 7) is 3.20. The maximum atomic E-state index is 12.5. The molecule has 30 heavy (non-hydrogen) atoms. The second-order valence-electron chi connectivity index (χ2n) is 7.13. The molecule has 8 heteroatoms. The highest BCUT2D eigenvalue weighted by Gasteiger charge is 2.17. The van der Waals surface area contributed by atoms with E-state index in [1.165, 1.54) is 4.68 Å². The number of aromatic nitrogens is 3. The lowest BCUT2D eigenvalue weighted by Crippen LogP contribution is -2.36. The number of pyridine rings is 1. The van der Waals surface area contributed by atoms with Crippen molar-refractivity contribution in [2.24, 2.45) is 0 Å². The number of fused-ring (bicyclic) bond motifs is 1. The van der Waals surface area contributed by atoms with Crippen molar-refractivity contribution in [1.82, 2.24) is 14.8 Å². The summed E-state index contributed by atoms with van der Waals surface area (Å²) in [4.78, 5) is 17.5. The van der Waals surface area contributed by atoms with Crippen LogP contribution in [0.5, 0.6) is 5.75 Å². The molecule has 0 radical (unpaired) electrons. The molecule has 0 spiro atoms. The predicted octanol–water partition coefficient (Wildman–Crippen LogP) is 3.58. The number of aromatic amines is 1. The second kappa shape index (κ2) is 7.51. The predicted molar refractivity (Wildman–Crippen MR) is 117 cm³/mol. The Morgan fingerprint density at radius 3 is 2.60 bits per heavy atom.